The van der Waals surface area contributed by atoms with Gasteiger partial charge in [-0.2, -0.15) is 0 Å². The SMILES string of the molecule is O=C(Nc1ccc2oc(C3CC3)nc2c1)c1ccc(-c2ccc(F)cc2)o1. The maximum Gasteiger partial charge on any atom is 0.291 e. The van der Waals surface area contributed by atoms with Crippen LogP contribution in [0.3, 0.4) is 0 Å². The van der Waals surface area contributed by atoms with Gasteiger partial charge in [-0.25, -0.2) is 9.37 Å². The normalized spacial score (nSPS) is 13.8. The van der Waals surface area contributed by atoms with Gasteiger partial charge in [-0.1, -0.05) is 0 Å². The molecule has 2 aromatic heterocycles. The maximum atomic E-state index is 13.0. The summed E-state index contributed by atoms with van der Waals surface area (Å²) < 4.78 is 24.4. The monoisotopic (exact) mass is 362 g/mol. The van der Waals surface area contributed by atoms with Gasteiger partial charge in [0.2, 0.25) is 0 Å². The lowest BCUT2D eigenvalue weighted by Gasteiger charge is -2.02. The molecule has 1 saturated carbocycles. The Morgan fingerprint density at radius 2 is 1.85 bits per heavy atom. The Kier molecular flexibility index (Phi) is 3.57. The van der Waals surface area contributed by atoms with Crippen molar-refractivity contribution in [3.05, 3.63) is 72.1 Å². The lowest BCUT2D eigenvalue weighted by molar-refractivity contribution is 0.0997. The molecule has 1 aliphatic carbocycles. The molecule has 4 aromatic rings. The number of furan rings is 1. The van der Waals surface area contributed by atoms with Crippen molar-refractivity contribution in [2.75, 3.05) is 5.32 Å². The quantitative estimate of drug-likeness (QED) is 0.531. The van der Waals surface area contributed by atoms with Crippen LogP contribution in [0.15, 0.2) is 63.4 Å². The molecule has 0 spiro atoms. The zero-order chi connectivity index (χ0) is 18.4. The highest BCUT2D eigenvalue weighted by Crippen LogP contribution is 2.40. The number of anilines is 1. The molecule has 0 aliphatic heterocycles. The second-order valence-electron chi connectivity index (χ2n) is 6.63. The van der Waals surface area contributed by atoms with Crippen molar-refractivity contribution in [3.8, 4) is 11.3 Å². The molecule has 27 heavy (non-hydrogen) atoms. The Morgan fingerprint density at radius 3 is 2.63 bits per heavy atom. The molecule has 0 saturated heterocycles. The molecule has 1 fully saturated rings. The van der Waals surface area contributed by atoms with Gasteiger partial charge in [0.25, 0.3) is 5.91 Å². The first-order valence-corrected chi connectivity index (χ1v) is 8.73. The van der Waals surface area contributed by atoms with E-state index in [0.29, 0.717) is 28.5 Å². The molecule has 2 aromatic carbocycles. The third-order valence-corrected chi connectivity index (χ3v) is 4.55. The smallest absolute Gasteiger partial charge is 0.291 e. The Balaban J connectivity index is 1.35. The standard InChI is InChI=1S/C21H15FN2O3/c22-14-5-3-12(4-6-14)17-9-10-19(26-17)20(25)23-15-7-8-18-16(11-15)24-21(27-18)13-1-2-13/h3-11,13H,1-2H2,(H,23,25). The summed E-state index contributed by atoms with van der Waals surface area (Å²) in [4.78, 5) is 17.0. The highest BCUT2D eigenvalue weighted by Gasteiger charge is 2.28. The average Bonchev–Trinajstić information content (AvgIpc) is 3.24. The fourth-order valence-corrected chi connectivity index (χ4v) is 2.95. The minimum Gasteiger partial charge on any atom is -0.451 e. The number of aromatic nitrogens is 1. The summed E-state index contributed by atoms with van der Waals surface area (Å²) in [6, 6.07) is 14.5. The van der Waals surface area contributed by atoms with Gasteiger partial charge >= 0.3 is 0 Å². The van der Waals surface area contributed by atoms with E-state index in [4.69, 9.17) is 8.83 Å². The van der Waals surface area contributed by atoms with Crippen LogP contribution in [0.1, 0.15) is 35.2 Å². The second kappa shape index (κ2) is 6.09. The third kappa shape index (κ3) is 3.10. The third-order valence-electron chi connectivity index (χ3n) is 4.55. The molecular weight excluding hydrogens is 347 g/mol. The van der Waals surface area contributed by atoms with Crippen LogP contribution in [0.4, 0.5) is 10.1 Å². The number of carbonyl (C=O) groups excluding carboxylic acids is 1. The lowest BCUT2D eigenvalue weighted by Crippen LogP contribution is -2.10. The predicted molar refractivity (Wildman–Crippen MR) is 98.0 cm³/mol. The molecule has 1 amide bonds. The number of oxazole rings is 1. The number of nitrogens with zero attached hydrogens (tertiary/aromatic N) is 1. The van der Waals surface area contributed by atoms with Gasteiger partial charge in [0.1, 0.15) is 17.1 Å². The van der Waals surface area contributed by atoms with E-state index in [1.165, 1.54) is 12.1 Å². The summed E-state index contributed by atoms with van der Waals surface area (Å²) in [5.41, 5.74) is 2.75. The molecular formula is C21H15FN2O3. The Labute approximate surface area is 153 Å². The van der Waals surface area contributed by atoms with Gasteiger partial charge in [-0.3, -0.25) is 4.79 Å². The molecule has 0 bridgehead atoms. The van der Waals surface area contributed by atoms with E-state index in [9.17, 15) is 9.18 Å². The van der Waals surface area contributed by atoms with Gasteiger partial charge in [-0.05, 0) is 67.4 Å². The van der Waals surface area contributed by atoms with E-state index in [1.807, 2.05) is 0 Å². The van der Waals surface area contributed by atoms with Gasteiger partial charge < -0.3 is 14.2 Å². The molecule has 0 atom stereocenters. The van der Waals surface area contributed by atoms with Gasteiger partial charge in [0, 0.05) is 17.2 Å². The van der Waals surface area contributed by atoms with Crippen LogP contribution in [0.5, 0.6) is 0 Å². The van der Waals surface area contributed by atoms with Crippen molar-refractivity contribution in [1.82, 2.24) is 4.98 Å². The van der Waals surface area contributed by atoms with E-state index < -0.39 is 0 Å². The second-order valence-corrected chi connectivity index (χ2v) is 6.63. The van der Waals surface area contributed by atoms with E-state index in [1.54, 1.807) is 42.5 Å². The van der Waals surface area contributed by atoms with Crippen molar-refractivity contribution >= 4 is 22.7 Å². The molecule has 0 unspecified atom stereocenters. The van der Waals surface area contributed by atoms with Gasteiger partial charge in [-0.15, -0.1) is 0 Å². The predicted octanol–water partition coefficient (Wildman–Crippen LogP) is 5.36. The zero-order valence-corrected chi connectivity index (χ0v) is 14.2. The molecule has 5 rings (SSSR count). The number of amides is 1. The van der Waals surface area contributed by atoms with Crippen molar-refractivity contribution in [1.29, 1.82) is 0 Å². The Bertz CT molecular complexity index is 1140. The van der Waals surface area contributed by atoms with Crippen molar-refractivity contribution < 1.29 is 18.0 Å². The molecule has 2 heterocycles. The maximum absolute atomic E-state index is 13.0. The van der Waals surface area contributed by atoms with Crippen LogP contribution in [0.25, 0.3) is 22.4 Å². The number of halogens is 1. The lowest BCUT2D eigenvalue weighted by atomic mass is 10.2. The Hall–Kier alpha value is -3.41. The zero-order valence-electron chi connectivity index (χ0n) is 14.2. The molecule has 134 valence electrons. The largest absolute Gasteiger partial charge is 0.451 e. The number of fused-ring (bicyclic) bond motifs is 1. The van der Waals surface area contributed by atoms with Crippen LogP contribution in [0, 0.1) is 5.82 Å². The number of hydrogen-bond donors (Lipinski definition) is 1. The first-order chi connectivity index (χ1) is 13.2. The molecule has 0 radical (unpaired) electrons. The molecule has 6 heteroatoms. The number of benzene rings is 2. The minimum absolute atomic E-state index is 0.174. The van der Waals surface area contributed by atoms with Crippen molar-refractivity contribution in [2.24, 2.45) is 0 Å². The molecule has 1 N–H and O–H groups in total. The van der Waals surface area contributed by atoms with Crippen LogP contribution in [-0.4, -0.2) is 10.9 Å². The highest BCUT2D eigenvalue weighted by atomic mass is 19.1. The van der Waals surface area contributed by atoms with Gasteiger partial charge in [0.05, 0.1) is 0 Å². The summed E-state index contributed by atoms with van der Waals surface area (Å²) >= 11 is 0. The van der Waals surface area contributed by atoms with Crippen LogP contribution >= 0.6 is 0 Å². The highest BCUT2D eigenvalue weighted by molar-refractivity contribution is 6.03. The fraction of sp³-hybridized carbons (Fsp3) is 0.143. The van der Waals surface area contributed by atoms with E-state index in [-0.39, 0.29) is 17.5 Å². The summed E-state index contributed by atoms with van der Waals surface area (Å²) in [7, 11) is 0. The van der Waals surface area contributed by atoms with Crippen LogP contribution < -0.4 is 5.32 Å². The van der Waals surface area contributed by atoms with Crippen molar-refractivity contribution in [3.63, 3.8) is 0 Å². The van der Waals surface area contributed by atoms with Crippen molar-refractivity contribution in [2.45, 2.75) is 18.8 Å². The topological polar surface area (TPSA) is 68.3 Å². The summed E-state index contributed by atoms with van der Waals surface area (Å²) in [6.45, 7) is 0. The summed E-state index contributed by atoms with van der Waals surface area (Å²) in [6.07, 6.45) is 2.23. The average molecular weight is 362 g/mol. The Morgan fingerprint density at radius 1 is 1.04 bits per heavy atom. The number of rotatable bonds is 4. The van der Waals surface area contributed by atoms with E-state index >= 15 is 0 Å². The summed E-state index contributed by atoms with van der Waals surface area (Å²) in [5.74, 6) is 1.19. The fourth-order valence-electron chi connectivity index (χ4n) is 2.95. The van der Waals surface area contributed by atoms with Gasteiger partial charge in [0.15, 0.2) is 17.2 Å². The number of hydrogen-bond acceptors (Lipinski definition) is 4. The van der Waals surface area contributed by atoms with Crippen LogP contribution in [-0.2, 0) is 0 Å². The number of carbonyl (C=O) groups is 1. The molecule has 5 nitrogen and oxygen atoms in total. The first-order valence-electron chi connectivity index (χ1n) is 8.73. The minimum atomic E-state index is -0.367. The van der Waals surface area contributed by atoms with E-state index in [2.05, 4.69) is 10.3 Å². The van der Waals surface area contributed by atoms with E-state index in [0.717, 1.165) is 24.2 Å². The summed E-state index contributed by atoms with van der Waals surface area (Å²) in [5, 5.41) is 2.80. The molecule has 1 aliphatic rings. The number of nitrogens with one attached hydrogen (secondary N) is 1. The first kappa shape index (κ1) is 15.8. The van der Waals surface area contributed by atoms with Crippen LogP contribution in [0.2, 0.25) is 0 Å².